The maximum absolute atomic E-state index is 12.5. The zero-order chi connectivity index (χ0) is 16.8. The summed E-state index contributed by atoms with van der Waals surface area (Å²) in [6.07, 6.45) is 1.66. The fourth-order valence-corrected chi connectivity index (χ4v) is 3.48. The molecule has 124 valence electrons. The molecule has 0 saturated carbocycles. The fraction of sp³-hybridized carbons (Fsp3) is 0.211. The number of nitrogens with one attached hydrogen (secondary N) is 2. The van der Waals surface area contributed by atoms with Gasteiger partial charge in [-0.3, -0.25) is 4.79 Å². The summed E-state index contributed by atoms with van der Waals surface area (Å²) in [6.45, 7) is 1.09. The first kappa shape index (κ1) is 16.5. The Kier molecular flexibility index (Phi) is 5.46. The molecule has 3 aromatic rings. The van der Waals surface area contributed by atoms with Gasteiger partial charge in [0.25, 0.3) is 5.91 Å². The molecule has 2 aromatic heterocycles. The van der Waals surface area contributed by atoms with Crippen LogP contribution in [0.2, 0.25) is 0 Å². The zero-order valence-corrected chi connectivity index (χ0v) is 14.4. The van der Waals surface area contributed by atoms with E-state index >= 15 is 0 Å². The van der Waals surface area contributed by atoms with Gasteiger partial charge in [-0.2, -0.15) is 0 Å². The summed E-state index contributed by atoms with van der Waals surface area (Å²) in [5.41, 5.74) is 1.09. The van der Waals surface area contributed by atoms with E-state index in [-0.39, 0.29) is 11.9 Å². The van der Waals surface area contributed by atoms with Gasteiger partial charge >= 0.3 is 0 Å². The van der Waals surface area contributed by atoms with Gasteiger partial charge in [0.15, 0.2) is 12.3 Å². The SMILES string of the molecule is C[NH+](CC(=O)N[C@H](c1ccccc1)c1cccs1)Cc1ccco1. The molecule has 3 rings (SSSR count). The number of quaternary nitrogens is 1. The molecular formula is C19H21N2O2S+. The average molecular weight is 341 g/mol. The number of rotatable bonds is 7. The van der Waals surface area contributed by atoms with Crippen molar-refractivity contribution in [3.8, 4) is 0 Å². The first-order valence-electron chi connectivity index (χ1n) is 7.94. The van der Waals surface area contributed by atoms with E-state index < -0.39 is 0 Å². The second kappa shape index (κ2) is 7.95. The minimum Gasteiger partial charge on any atom is -0.463 e. The smallest absolute Gasteiger partial charge is 0.275 e. The standard InChI is InChI=1S/C19H20N2O2S/c1-21(13-16-9-5-11-23-16)14-18(22)20-19(17-10-6-12-24-17)15-7-3-2-4-8-15/h2-12,19H,13-14H2,1H3,(H,20,22)/p+1/t19-/m1/s1. The third-order valence-corrected chi connectivity index (χ3v) is 4.72. The van der Waals surface area contributed by atoms with Crippen molar-refractivity contribution in [3.63, 3.8) is 0 Å². The Morgan fingerprint density at radius 1 is 1.17 bits per heavy atom. The minimum absolute atomic E-state index is 0.0290. The Morgan fingerprint density at radius 3 is 2.67 bits per heavy atom. The van der Waals surface area contributed by atoms with E-state index in [1.807, 2.05) is 61.0 Å². The van der Waals surface area contributed by atoms with Crippen LogP contribution in [0.5, 0.6) is 0 Å². The van der Waals surface area contributed by atoms with E-state index in [4.69, 9.17) is 4.42 Å². The molecule has 0 aliphatic heterocycles. The molecule has 0 fully saturated rings. The zero-order valence-electron chi connectivity index (χ0n) is 13.6. The highest BCUT2D eigenvalue weighted by atomic mass is 32.1. The van der Waals surface area contributed by atoms with Crippen molar-refractivity contribution in [2.24, 2.45) is 0 Å². The second-order valence-corrected chi connectivity index (χ2v) is 6.80. The number of thiophene rings is 1. The van der Waals surface area contributed by atoms with Crippen LogP contribution in [0.15, 0.2) is 70.7 Å². The van der Waals surface area contributed by atoms with Gasteiger partial charge in [0.2, 0.25) is 0 Å². The van der Waals surface area contributed by atoms with Gasteiger partial charge in [0, 0.05) is 4.88 Å². The molecule has 24 heavy (non-hydrogen) atoms. The summed E-state index contributed by atoms with van der Waals surface area (Å²) in [6, 6.07) is 17.8. The van der Waals surface area contributed by atoms with Crippen molar-refractivity contribution in [1.29, 1.82) is 0 Å². The highest BCUT2D eigenvalue weighted by Gasteiger charge is 2.20. The fourth-order valence-electron chi connectivity index (χ4n) is 2.68. The molecule has 0 bridgehead atoms. The first-order chi connectivity index (χ1) is 11.7. The van der Waals surface area contributed by atoms with E-state index in [2.05, 4.69) is 11.4 Å². The number of carbonyl (C=O) groups excluding carboxylic acids is 1. The summed E-state index contributed by atoms with van der Waals surface area (Å²) < 4.78 is 5.34. The van der Waals surface area contributed by atoms with Crippen LogP contribution in [0, 0.1) is 0 Å². The third kappa shape index (κ3) is 4.34. The Bertz CT molecular complexity index is 739. The van der Waals surface area contributed by atoms with Crippen LogP contribution in [-0.2, 0) is 11.3 Å². The second-order valence-electron chi connectivity index (χ2n) is 5.82. The molecule has 0 aliphatic carbocycles. The van der Waals surface area contributed by atoms with Crippen molar-refractivity contribution in [3.05, 3.63) is 82.4 Å². The number of hydrogen-bond acceptors (Lipinski definition) is 3. The van der Waals surface area contributed by atoms with Gasteiger partial charge in [-0.15, -0.1) is 11.3 Å². The summed E-state index contributed by atoms with van der Waals surface area (Å²) in [7, 11) is 1.99. The Hall–Kier alpha value is -2.37. The van der Waals surface area contributed by atoms with Crippen LogP contribution in [0.3, 0.4) is 0 Å². The Balaban J connectivity index is 1.65. The number of furan rings is 1. The maximum atomic E-state index is 12.5. The molecule has 2 atom stereocenters. The lowest BCUT2D eigenvalue weighted by molar-refractivity contribution is -0.886. The van der Waals surface area contributed by atoms with Gasteiger partial charge in [0.1, 0.15) is 6.54 Å². The molecular weight excluding hydrogens is 320 g/mol. The van der Waals surface area contributed by atoms with Crippen molar-refractivity contribution < 1.29 is 14.1 Å². The lowest BCUT2D eigenvalue weighted by atomic mass is 10.1. The van der Waals surface area contributed by atoms with E-state index in [9.17, 15) is 4.79 Å². The molecule has 2 N–H and O–H groups in total. The molecule has 1 amide bonds. The topological polar surface area (TPSA) is 46.7 Å². The molecule has 0 radical (unpaired) electrons. The van der Waals surface area contributed by atoms with Gasteiger partial charge < -0.3 is 14.6 Å². The molecule has 4 nitrogen and oxygen atoms in total. The molecule has 0 spiro atoms. The number of hydrogen-bond donors (Lipinski definition) is 2. The first-order valence-corrected chi connectivity index (χ1v) is 8.82. The van der Waals surface area contributed by atoms with Crippen LogP contribution < -0.4 is 10.2 Å². The van der Waals surface area contributed by atoms with Crippen LogP contribution in [-0.4, -0.2) is 19.5 Å². The van der Waals surface area contributed by atoms with Gasteiger partial charge in [-0.05, 0) is 29.1 Å². The predicted octanol–water partition coefficient (Wildman–Crippen LogP) is 2.26. The summed E-state index contributed by atoms with van der Waals surface area (Å²) in [4.78, 5) is 14.7. The Morgan fingerprint density at radius 2 is 2.00 bits per heavy atom. The van der Waals surface area contributed by atoms with E-state index in [0.29, 0.717) is 13.1 Å². The van der Waals surface area contributed by atoms with Crippen LogP contribution in [0.25, 0.3) is 0 Å². The van der Waals surface area contributed by atoms with E-state index in [1.165, 1.54) is 0 Å². The van der Waals surface area contributed by atoms with E-state index in [1.54, 1.807) is 17.6 Å². The number of likely N-dealkylation sites (N-methyl/N-ethyl adjacent to an activating group) is 1. The number of amides is 1. The minimum atomic E-state index is -0.102. The molecule has 5 heteroatoms. The molecule has 1 aromatic carbocycles. The highest BCUT2D eigenvalue weighted by molar-refractivity contribution is 7.10. The van der Waals surface area contributed by atoms with Gasteiger partial charge in [-0.1, -0.05) is 36.4 Å². The predicted molar refractivity (Wildman–Crippen MR) is 94.9 cm³/mol. The molecule has 0 aliphatic rings. The molecule has 0 saturated heterocycles. The van der Waals surface area contributed by atoms with Crippen molar-refractivity contribution in [2.45, 2.75) is 12.6 Å². The van der Waals surface area contributed by atoms with E-state index in [0.717, 1.165) is 21.1 Å². The summed E-state index contributed by atoms with van der Waals surface area (Å²) >= 11 is 1.65. The maximum Gasteiger partial charge on any atom is 0.275 e. The lowest BCUT2D eigenvalue weighted by Gasteiger charge is -2.19. The summed E-state index contributed by atoms with van der Waals surface area (Å²) in [5, 5.41) is 5.20. The third-order valence-electron chi connectivity index (χ3n) is 3.78. The lowest BCUT2D eigenvalue weighted by Crippen LogP contribution is -3.08. The molecule has 1 unspecified atom stereocenters. The Labute approximate surface area is 145 Å². The molecule has 2 heterocycles. The van der Waals surface area contributed by atoms with Crippen LogP contribution in [0.4, 0.5) is 0 Å². The monoisotopic (exact) mass is 341 g/mol. The van der Waals surface area contributed by atoms with Gasteiger partial charge in [0.05, 0.1) is 19.4 Å². The normalized spacial score (nSPS) is 13.4. The average Bonchev–Trinajstić information content (AvgIpc) is 3.27. The van der Waals surface area contributed by atoms with Gasteiger partial charge in [-0.25, -0.2) is 0 Å². The van der Waals surface area contributed by atoms with Crippen molar-refractivity contribution >= 4 is 17.2 Å². The van der Waals surface area contributed by atoms with Crippen LogP contribution in [0.1, 0.15) is 22.2 Å². The van der Waals surface area contributed by atoms with Crippen molar-refractivity contribution in [1.82, 2.24) is 5.32 Å². The van der Waals surface area contributed by atoms with Crippen LogP contribution >= 0.6 is 11.3 Å². The number of carbonyl (C=O) groups is 1. The number of benzene rings is 1. The largest absolute Gasteiger partial charge is 0.463 e. The highest BCUT2D eigenvalue weighted by Crippen LogP contribution is 2.25. The summed E-state index contributed by atoms with van der Waals surface area (Å²) in [5.74, 6) is 0.916. The van der Waals surface area contributed by atoms with Crippen molar-refractivity contribution in [2.75, 3.05) is 13.6 Å². The quantitative estimate of drug-likeness (QED) is 0.692.